The molecule has 0 spiro atoms. The standard InChI is InChI=1S/C14H8BrN3O3S2/c15-9-5-11(22-7-9)6-16-17-14(19)13-4-8-3-10(18(20)21)1-2-12(8)23-13/h1-7H,(H,17,19). The quantitative estimate of drug-likeness (QED) is 0.393. The second-order valence-electron chi connectivity index (χ2n) is 4.46. The second kappa shape index (κ2) is 6.57. The number of halogens is 1. The zero-order valence-corrected chi connectivity index (χ0v) is 14.6. The Hall–Kier alpha value is -2.10. The molecule has 1 aromatic carbocycles. The number of hydrazone groups is 1. The highest BCUT2D eigenvalue weighted by Gasteiger charge is 2.12. The molecule has 0 aliphatic rings. The van der Waals surface area contributed by atoms with Gasteiger partial charge in [-0.25, -0.2) is 5.43 Å². The van der Waals surface area contributed by atoms with E-state index in [1.54, 1.807) is 18.3 Å². The van der Waals surface area contributed by atoms with Crippen LogP contribution in [0.2, 0.25) is 0 Å². The average Bonchev–Trinajstić information content (AvgIpc) is 3.12. The van der Waals surface area contributed by atoms with Crippen LogP contribution in [0.15, 0.2) is 45.3 Å². The monoisotopic (exact) mass is 409 g/mol. The molecule has 3 rings (SSSR count). The van der Waals surface area contributed by atoms with Crippen molar-refractivity contribution in [1.29, 1.82) is 0 Å². The maximum absolute atomic E-state index is 12.1. The number of amides is 1. The first-order valence-corrected chi connectivity index (χ1v) is 8.77. The van der Waals surface area contributed by atoms with Crippen molar-refractivity contribution in [3.63, 3.8) is 0 Å². The molecule has 2 heterocycles. The Balaban J connectivity index is 1.75. The van der Waals surface area contributed by atoms with E-state index in [9.17, 15) is 14.9 Å². The van der Waals surface area contributed by atoms with Gasteiger partial charge in [-0.2, -0.15) is 5.10 Å². The molecule has 23 heavy (non-hydrogen) atoms. The fourth-order valence-electron chi connectivity index (χ4n) is 1.86. The number of hydrogen-bond acceptors (Lipinski definition) is 6. The van der Waals surface area contributed by atoms with E-state index in [2.05, 4.69) is 26.5 Å². The van der Waals surface area contributed by atoms with Crippen LogP contribution in [0.1, 0.15) is 14.5 Å². The number of carbonyl (C=O) groups excluding carboxylic acids is 1. The lowest BCUT2D eigenvalue weighted by molar-refractivity contribution is -0.384. The molecule has 0 radical (unpaired) electrons. The highest BCUT2D eigenvalue weighted by atomic mass is 79.9. The zero-order chi connectivity index (χ0) is 16.4. The predicted octanol–water partition coefficient (Wildman–Crippen LogP) is 4.40. The third-order valence-corrected chi connectivity index (χ3v) is 5.62. The number of nitro groups is 1. The number of rotatable bonds is 4. The maximum Gasteiger partial charge on any atom is 0.281 e. The number of hydrogen-bond donors (Lipinski definition) is 1. The topological polar surface area (TPSA) is 84.6 Å². The fraction of sp³-hybridized carbons (Fsp3) is 0. The number of benzene rings is 1. The van der Waals surface area contributed by atoms with Crippen molar-refractivity contribution in [1.82, 2.24) is 5.43 Å². The smallest absolute Gasteiger partial charge is 0.266 e. The lowest BCUT2D eigenvalue weighted by atomic mass is 10.2. The number of nitrogens with zero attached hydrogens (tertiary/aromatic N) is 2. The molecule has 0 saturated carbocycles. The number of carbonyl (C=O) groups is 1. The van der Waals surface area contributed by atoms with E-state index in [0.717, 1.165) is 14.0 Å². The first-order valence-electron chi connectivity index (χ1n) is 6.28. The van der Waals surface area contributed by atoms with Gasteiger partial charge in [0.15, 0.2) is 0 Å². The Morgan fingerprint density at radius 2 is 2.17 bits per heavy atom. The number of fused-ring (bicyclic) bond motifs is 1. The van der Waals surface area contributed by atoms with Crippen LogP contribution < -0.4 is 5.43 Å². The fourth-order valence-corrected chi connectivity index (χ4v) is 4.10. The van der Waals surface area contributed by atoms with Crippen LogP contribution in [-0.4, -0.2) is 17.0 Å². The summed E-state index contributed by atoms with van der Waals surface area (Å²) in [4.78, 5) is 23.7. The van der Waals surface area contributed by atoms with Gasteiger partial charge in [-0.1, -0.05) is 0 Å². The van der Waals surface area contributed by atoms with E-state index in [1.165, 1.54) is 34.8 Å². The first kappa shape index (κ1) is 15.8. The summed E-state index contributed by atoms with van der Waals surface area (Å²) in [5.74, 6) is -0.347. The van der Waals surface area contributed by atoms with Crippen LogP contribution in [0.4, 0.5) is 5.69 Å². The summed E-state index contributed by atoms with van der Waals surface area (Å²) in [6.07, 6.45) is 1.56. The van der Waals surface area contributed by atoms with Crippen molar-refractivity contribution in [2.24, 2.45) is 5.10 Å². The normalized spacial score (nSPS) is 11.2. The van der Waals surface area contributed by atoms with Gasteiger partial charge in [-0.3, -0.25) is 14.9 Å². The molecule has 0 aliphatic carbocycles. The predicted molar refractivity (Wildman–Crippen MR) is 95.6 cm³/mol. The SMILES string of the molecule is O=C(NN=Cc1cc(Br)cs1)c1cc2cc([N+](=O)[O-])ccc2s1. The van der Waals surface area contributed by atoms with Crippen LogP contribution in [0, 0.1) is 10.1 Å². The van der Waals surface area contributed by atoms with E-state index in [0.29, 0.717) is 10.3 Å². The highest BCUT2D eigenvalue weighted by molar-refractivity contribution is 9.10. The van der Waals surface area contributed by atoms with Crippen LogP contribution in [-0.2, 0) is 0 Å². The second-order valence-corrected chi connectivity index (χ2v) is 7.40. The molecule has 0 saturated heterocycles. The molecule has 9 heteroatoms. The van der Waals surface area contributed by atoms with Gasteiger partial charge < -0.3 is 0 Å². The Morgan fingerprint density at radius 1 is 1.35 bits per heavy atom. The van der Waals surface area contributed by atoms with Crippen LogP contribution in [0.3, 0.4) is 0 Å². The summed E-state index contributed by atoms with van der Waals surface area (Å²) in [5, 5.41) is 17.3. The van der Waals surface area contributed by atoms with Gasteiger partial charge in [0.05, 0.1) is 16.0 Å². The molecule has 0 aliphatic heterocycles. The van der Waals surface area contributed by atoms with E-state index < -0.39 is 4.92 Å². The average molecular weight is 410 g/mol. The molecule has 0 fully saturated rings. The minimum atomic E-state index is -0.458. The molecule has 3 aromatic rings. The number of nitrogens with one attached hydrogen (secondary N) is 1. The van der Waals surface area contributed by atoms with E-state index in [1.807, 2.05) is 11.4 Å². The molecule has 6 nitrogen and oxygen atoms in total. The molecule has 2 aromatic heterocycles. The van der Waals surface area contributed by atoms with Crippen molar-refractivity contribution in [3.8, 4) is 0 Å². The van der Waals surface area contributed by atoms with Gasteiger partial charge in [0.2, 0.25) is 0 Å². The van der Waals surface area contributed by atoms with Crippen molar-refractivity contribution in [2.45, 2.75) is 0 Å². The largest absolute Gasteiger partial charge is 0.281 e. The van der Waals surface area contributed by atoms with Crippen molar-refractivity contribution in [3.05, 3.63) is 60.1 Å². The van der Waals surface area contributed by atoms with Gasteiger partial charge in [0.25, 0.3) is 11.6 Å². The minimum absolute atomic E-state index is 0.00329. The molecule has 0 bridgehead atoms. The maximum atomic E-state index is 12.1. The Bertz CT molecular complexity index is 932. The Morgan fingerprint density at radius 3 is 2.87 bits per heavy atom. The van der Waals surface area contributed by atoms with Gasteiger partial charge in [0.1, 0.15) is 0 Å². The number of thiophene rings is 2. The third-order valence-electron chi connectivity index (χ3n) is 2.88. The summed E-state index contributed by atoms with van der Waals surface area (Å²) < 4.78 is 1.77. The minimum Gasteiger partial charge on any atom is -0.266 e. The van der Waals surface area contributed by atoms with E-state index in [-0.39, 0.29) is 11.6 Å². The molecule has 116 valence electrons. The van der Waals surface area contributed by atoms with Crippen molar-refractivity contribution in [2.75, 3.05) is 0 Å². The van der Waals surface area contributed by atoms with Gasteiger partial charge in [-0.15, -0.1) is 22.7 Å². The Labute approximate surface area is 146 Å². The summed E-state index contributed by atoms with van der Waals surface area (Å²) in [5.41, 5.74) is 2.46. The van der Waals surface area contributed by atoms with Gasteiger partial charge in [0, 0.05) is 36.9 Å². The summed E-state index contributed by atoms with van der Waals surface area (Å²) in [6.45, 7) is 0. The summed E-state index contributed by atoms with van der Waals surface area (Å²) in [6, 6.07) is 8.03. The van der Waals surface area contributed by atoms with Crippen molar-refractivity contribution < 1.29 is 9.72 Å². The lowest BCUT2D eigenvalue weighted by Gasteiger charge is -1.94. The van der Waals surface area contributed by atoms with Crippen LogP contribution in [0.25, 0.3) is 10.1 Å². The van der Waals surface area contributed by atoms with E-state index in [4.69, 9.17) is 0 Å². The molecule has 0 atom stereocenters. The molecular formula is C14H8BrN3O3S2. The molecule has 0 unspecified atom stereocenters. The third kappa shape index (κ3) is 3.63. The van der Waals surface area contributed by atoms with Crippen molar-refractivity contribution >= 4 is 66.5 Å². The summed E-state index contributed by atoms with van der Waals surface area (Å²) in [7, 11) is 0. The highest BCUT2D eigenvalue weighted by Crippen LogP contribution is 2.28. The van der Waals surface area contributed by atoms with Crippen LogP contribution in [0.5, 0.6) is 0 Å². The lowest BCUT2D eigenvalue weighted by Crippen LogP contribution is -2.15. The van der Waals surface area contributed by atoms with E-state index >= 15 is 0 Å². The Kier molecular flexibility index (Phi) is 4.51. The first-order chi connectivity index (χ1) is 11.0. The molecular weight excluding hydrogens is 402 g/mol. The summed E-state index contributed by atoms with van der Waals surface area (Å²) >= 11 is 6.10. The van der Waals surface area contributed by atoms with Gasteiger partial charge in [-0.05, 0) is 34.1 Å². The number of non-ortho nitro benzene ring substituents is 1. The molecule has 1 amide bonds. The van der Waals surface area contributed by atoms with Crippen LogP contribution >= 0.6 is 38.6 Å². The number of nitro benzene ring substituents is 1. The van der Waals surface area contributed by atoms with Gasteiger partial charge >= 0.3 is 0 Å². The molecule has 1 N–H and O–H groups in total. The zero-order valence-electron chi connectivity index (χ0n) is 11.4.